The van der Waals surface area contributed by atoms with Gasteiger partial charge in [0.25, 0.3) is 5.91 Å². The van der Waals surface area contributed by atoms with Crippen LogP contribution in [-0.4, -0.2) is 17.5 Å². The summed E-state index contributed by atoms with van der Waals surface area (Å²) in [7, 11) is 0. The average Bonchev–Trinajstić information content (AvgIpc) is 3.45. The van der Waals surface area contributed by atoms with E-state index in [2.05, 4.69) is 15.8 Å². The van der Waals surface area contributed by atoms with Crippen LogP contribution in [0.25, 0.3) is 10.2 Å². The van der Waals surface area contributed by atoms with E-state index in [0.29, 0.717) is 34.2 Å². The topological polar surface area (TPSA) is 63.2 Å². The Hall–Kier alpha value is -2.51. The summed E-state index contributed by atoms with van der Waals surface area (Å²) >= 11 is 1.32. The number of carbonyl (C=O) groups excluding carboxylic acids is 1. The normalized spacial score (nSPS) is 13.0. The molecule has 1 aromatic carbocycles. The monoisotopic (exact) mass is 415 g/mol. The molecule has 2 N–H and O–H groups in total. The summed E-state index contributed by atoms with van der Waals surface area (Å²) in [6.07, 6.45) is 2.28. The maximum Gasteiger partial charge on any atom is 0.278 e. The number of thiophene rings is 1. The number of carbonyl (C=O) groups is 1. The number of benzene rings is 1. The Kier molecular flexibility index (Phi) is 6.82. The van der Waals surface area contributed by atoms with Gasteiger partial charge in [0.05, 0.1) is 17.9 Å². The third-order valence-electron chi connectivity index (χ3n) is 4.48. The van der Waals surface area contributed by atoms with Gasteiger partial charge in [0.15, 0.2) is 0 Å². The number of rotatable bonds is 6. The minimum Gasteiger partial charge on any atom is -0.344 e. The van der Waals surface area contributed by atoms with Crippen LogP contribution >= 0.6 is 11.3 Å². The minimum absolute atomic E-state index is 0.317. The fourth-order valence-electron chi connectivity index (χ4n) is 2.79. The van der Waals surface area contributed by atoms with E-state index in [-0.39, 0.29) is 11.7 Å². The third-order valence-corrected chi connectivity index (χ3v) is 5.49. The van der Waals surface area contributed by atoms with Crippen LogP contribution in [0, 0.1) is 25.6 Å². The van der Waals surface area contributed by atoms with Crippen LogP contribution in [0.2, 0.25) is 0 Å². The molecule has 1 fully saturated rings. The summed E-state index contributed by atoms with van der Waals surface area (Å²) in [5.74, 6) is -0.191. The van der Waals surface area contributed by atoms with E-state index in [1.165, 1.54) is 17.4 Å². The quantitative estimate of drug-likeness (QED) is 0.493. The number of halogens is 1. The van der Waals surface area contributed by atoms with E-state index in [0.717, 1.165) is 28.9 Å². The van der Waals surface area contributed by atoms with Gasteiger partial charge in [-0.05, 0) is 62.4 Å². The van der Waals surface area contributed by atoms with Crippen molar-refractivity contribution in [1.29, 1.82) is 0 Å². The van der Waals surface area contributed by atoms with E-state index in [4.69, 9.17) is 4.84 Å². The van der Waals surface area contributed by atoms with Crippen molar-refractivity contribution < 1.29 is 14.0 Å². The molecule has 0 saturated heterocycles. The van der Waals surface area contributed by atoms with Crippen molar-refractivity contribution in [2.75, 3.05) is 11.9 Å². The number of anilines is 2. The van der Waals surface area contributed by atoms with Gasteiger partial charge >= 0.3 is 0 Å². The summed E-state index contributed by atoms with van der Waals surface area (Å²) in [4.78, 5) is 23.3. The Bertz CT molecular complexity index is 1010. The summed E-state index contributed by atoms with van der Waals surface area (Å²) in [6, 6.07) is 8.66. The molecule has 29 heavy (non-hydrogen) atoms. The second-order valence-corrected chi connectivity index (χ2v) is 7.90. The first kappa shape index (κ1) is 21.2. The molecule has 0 atom stereocenters. The van der Waals surface area contributed by atoms with Crippen molar-refractivity contribution in [2.24, 2.45) is 5.92 Å². The summed E-state index contributed by atoms with van der Waals surface area (Å²) in [6.45, 7) is 8.24. The van der Waals surface area contributed by atoms with E-state index in [9.17, 15) is 9.18 Å². The molecular formula is C22H26FN3O2S. The number of hydrogen-bond donors (Lipinski definition) is 2. The van der Waals surface area contributed by atoms with Crippen molar-refractivity contribution in [2.45, 2.75) is 40.5 Å². The lowest BCUT2D eigenvalue weighted by molar-refractivity contribution is 0.0272. The molecule has 0 unspecified atom stereocenters. The lowest BCUT2D eigenvalue weighted by atomic mass is 10.1. The first-order valence-electron chi connectivity index (χ1n) is 9.86. The van der Waals surface area contributed by atoms with Gasteiger partial charge < -0.3 is 5.32 Å². The van der Waals surface area contributed by atoms with E-state index in [1.54, 1.807) is 6.07 Å². The van der Waals surface area contributed by atoms with E-state index >= 15 is 0 Å². The molecule has 4 rings (SSSR count). The zero-order valence-corrected chi connectivity index (χ0v) is 18.0. The Morgan fingerprint density at radius 3 is 2.69 bits per heavy atom. The Labute approximate surface area is 174 Å². The van der Waals surface area contributed by atoms with Crippen molar-refractivity contribution >= 4 is 38.1 Å². The van der Waals surface area contributed by atoms with Crippen LogP contribution in [0.5, 0.6) is 0 Å². The lowest BCUT2D eigenvalue weighted by Crippen LogP contribution is -2.25. The van der Waals surface area contributed by atoms with Crippen LogP contribution in [0.15, 0.2) is 30.3 Å². The fourth-order valence-corrected chi connectivity index (χ4v) is 3.92. The molecule has 0 radical (unpaired) electrons. The number of nitrogens with one attached hydrogen (secondary N) is 2. The standard InChI is InChI=1S/C20H20FN3O2S.C2H6/c1-11-3-8-16(15(21)9-11)23-20-17(18(25)24-26-10-13-5-6-13)14-7-4-12(2)22-19(14)27-20;1-2/h3-4,7-9,13,23H,5-6,10H2,1-2H3,(H,24,25);1-2H3. The highest BCUT2D eigenvalue weighted by molar-refractivity contribution is 7.23. The number of aryl methyl sites for hydroxylation is 2. The first-order valence-corrected chi connectivity index (χ1v) is 10.7. The number of pyridine rings is 1. The molecule has 3 aromatic rings. The van der Waals surface area contributed by atoms with Gasteiger partial charge in [0, 0.05) is 11.1 Å². The highest BCUT2D eigenvalue weighted by Gasteiger charge is 2.24. The third kappa shape index (κ3) is 5.10. The minimum atomic E-state index is -0.368. The van der Waals surface area contributed by atoms with Gasteiger partial charge in [-0.1, -0.05) is 31.3 Å². The maximum absolute atomic E-state index is 14.3. The molecule has 0 aliphatic heterocycles. The molecule has 0 spiro atoms. The molecule has 7 heteroatoms. The van der Waals surface area contributed by atoms with Gasteiger partial charge in [0.1, 0.15) is 15.6 Å². The van der Waals surface area contributed by atoms with Crippen molar-refractivity contribution in [3.8, 4) is 0 Å². The Morgan fingerprint density at radius 2 is 2.00 bits per heavy atom. The fraction of sp³-hybridized carbons (Fsp3) is 0.364. The SMILES string of the molecule is CC.Cc1ccc(Nc2sc3nc(C)ccc3c2C(=O)NOCC2CC2)c(F)c1. The zero-order chi connectivity index (χ0) is 21.0. The molecule has 1 saturated carbocycles. The summed E-state index contributed by atoms with van der Waals surface area (Å²) in [5, 5.41) is 4.31. The van der Waals surface area contributed by atoms with E-state index in [1.807, 2.05) is 45.9 Å². The predicted molar refractivity (Wildman–Crippen MR) is 116 cm³/mol. The summed E-state index contributed by atoms with van der Waals surface area (Å²) in [5.41, 5.74) is 4.94. The number of hydroxylamine groups is 1. The highest BCUT2D eigenvalue weighted by Crippen LogP contribution is 2.37. The van der Waals surface area contributed by atoms with Gasteiger partial charge in [-0.3, -0.25) is 9.63 Å². The number of hydrogen-bond acceptors (Lipinski definition) is 5. The second-order valence-electron chi connectivity index (χ2n) is 6.91. The zero-order valence-electron chi connectivity index (χ0n) is 17.1. The molecular weight excluding hydrogens is 389 g/mol. The smallest absolute Gasteiger partial charge is 0.278 e. The Morgan fingerprint density at radius 1 is 1.24 bits per heavy atom. The molecule has 154 valence electrons. The van der Waals surface area contributed by atoms with Crippen LogP contribution < -0.4 is 10.8 Å². The van der Waals surface area contributed by atoms with Crippen LogP contribution in [0.3, 0.4) is 0 Å². The average molecular weight is 416 g/mol. The molecule has 0 bridgehead atoms. The molecule has 1 amide bonds. The number of fused-ring (bicyclic) bond motifs is 1. The second kappa shape index (κ2) is 9.33. The van der Waals surface area contributed by atoms with Crippen molar-refractivity contribution in [1.82, 2.24) is 10.5 Å². The van der Waals surface area contributed by atoms with Crippen molar-refractivity contribution in [3.05, 3.63) is 53.0 Å². The molecule has 2 aromatic heterocycles. The predicted octanol–water partition coefficient (Wildman–Crippen LogP) is 5.89. The van der Waals surface area contributed by atoms with Gasteiger partial charge in [-0.25, -0.2) is 14.9 Å². The molecule has 5 nitrogen and oxygen atoms in total. The molecule has 1 aliphatic rings. The van der Waals surface area contributed by atoms with E-state index < -0.39 is 0 Å². The van der Waals surface area contributed by atoms with Gasteiger partial charge in [-0.15, -0.1) is 0 Å². The first-order chi connectivity index (χ1) is 14.0. The van der Waals surface area contributed by atoms with Crippen LogP contribution in [-0.2, 0) is 4.84 Å². The molecule has 1 aliphatic carbocycles. The number of nitrogens with zero attached hydrogens (tertiary/aromatic N) is 1. The summed E-state index contributed by atoms with van der Waals surface area (Å²) < 4.78 is 14.3. The van der Waals surface area contributed by atoms with Gasteiger partial charge in [0.2, 0.25) is 0 Å². The molecule has 2 heterocycles. The largest absolute Gasteiger partial charge is 0.344 e. The lowest BCUT2D eigenvalue weighted by Gasteiger charge is -2.10. The highest BCUT2D eigenvalue weighted by atomic mass is 32.1. The number of aromatic nitrogens is 1. The van der Waals surface area contributed by atoms with Gasteiger partial charge in [-0.2, -0.15) is 0 Å². The van der Waals surface area contributed by atoms with Crippen molar-refractivity contribution in [3.63, 3.8) is 0 Å². The maximum atomic E-state index is 14.3. The number of amides is 1. The Balaban J connectivity index is 0.00000117. The van der Waals surface area contributed by atoms with Crippen LogP contribution in [0.1, 0.15) is 48.3 Å². The van der Waals surface area contributed by atoms with Crippen LogP contribution in [0.4, 0.5) is 15.1 Å².